The van der Waals surface area contributed by atoms with E-state index in [1.54, 1.807) is 25.1 Å². The number of aliphatic carboxylic acids is 1. The Labute approximate surface area is 115 Å². The molecule has 3 N–H and O–H groups in total. The molecule has 0 aromatic heterocycles. The van der Waals surface area contributed by atoms with Gasteiger partial charge in [0.2, 0.25) is 0 Å². The zero-order chi connectivity index (χ0) is 14.4. The van der Waals surface area contributed by atoms with E-state index in [0.717, 1.165) is 6.08 Å². The standard InChI is InChI=1S/C13H14ClNO4/c1-2-10(13(15)18)19-12-8(6-7-11(16)17)4-3-5-9(12)14/h3-7,10H,2H2,1H3,(H2,15,18)(H,16,17)/b7-6+. The Bertz CT molecular complexity index is 513. The maximum Gasteiger partial charge on any atom is 0.328 e. The number of nitrogens with two attached hydrogens (primary N) is 1. The Kier molecular flexibility index (Phi) is 5.38. The Morgan fingerprint density at radius 2 is 2.21 bits per heavy atom. The van der Waals surface area contributed by atoms with Crippen molar-refractivity contribution in [1.29, 1.82) is 0 Å². The van der Waals surface area contributed by atoms with Crippen LogP contribution in [0.1, 0.15) is 18.9 Å². The minimum absolute atomic E-state index is 0.243. The van der Waals surface area contributed by atoms with Crippen LogP contribution in [0.4, 0.5) is 0 Å². The third-order valence-electron chi connectivity index (χ3n) is 2.35. The van der Waals surface area contributed by atoms with E-state index >= 15 is 0 Å². The van der Waals surface area contributed by atoms with Crippen molar-refractivity contribution in [3.05, 3.63) is 34.9 Å². The Morgan fingerprint density at radius 3 is 2.74 bits per heavy atom. The van der Waals surface area contributed by atoms with Crippen LogP contribution in [0.25, 0.3) is 6.08 Å². The molecule has 1 rings (SSSR count). The molecule has 0 aliphatic rings. The number of rotatable bonds is 6. The number of amides is 1. The summed E-state index contributed by atoms with van der Waals surface area (Å²) in [6.45, 7) is 1.75. The highest BCUT2D eigenvalue weighted by Crippen LogP contribution is 2.30. The fraction of sp³-hybridized carbons (Fsp3) is 0.231. The summed E-state index contributed by atoms with van der Waals surface area (Å²) in [6, 6.07) is 4.87. The first-order valence-electron chi connectivity index (χ1n) is 5.61. The third kappa shape index (κ3) is 4.30. The van der Waals surface area contributed by atoms with Crippen LogP contribution < -0.4 is 10.5 Å². The number of carboxylic acid groups (broad SMARTS) is 1. The normalized spacial score (nSPS) is 12.3. The Morgan fingerprint density at radius 1 is 1.53 bits per heavy atom. The zero-order valence-electron chi connectivity index (χ0n) is 10.3. The topological polar surface area (TPSA) is 89.6 Å². The first-order valence-corrected chi connectivity index (χ1v) is 5.99. The van der Waals surface area contributed by atoms with Crippen molar-refractivity contribution in [3.63, 3.8) is 0 Å². The van der Waals surface area contributed by atoms with Gasteiger partial charge in [-0.05, 0) is 18.6 Å². The smallest absolute Gasteiger partial charge is 0.328 e. The van der Waals surface area contributed by atoms with Gasteiger partial charge in [-0.15, -0.1) is 0 Å². The first kappa shape index (κ1) is 15.0. The molecule has 6 heteroatoms. The Hall–Kier alpha value is -2.01. The van der Waals surface area contributed by atoms with Crippen LogP contribution in [-0.4, -0.2) is 23.1 Å². The molecule has 1 unspecified atom stereocenters. The molecule has 1 amide bonds. The van der Waals surface area contributed by atoms with E-state index in [1.807, 2.05) is 0 Å². The molecule has 0 spiro atoms. The van der Waals surface area contributed by atoms with Crippen LogP contribution in [0.15, 0.2) is 24.3 Å². The summed E-state index contributed by atoms with van der Waals surface area (Å²) in [6.07, 6.45) is 1.89. The van der Waals surface area contributed by atoms with Gasteiger partial charge in [-0.2, -0.15) is 0 Å². The number of benzene rings is 1. The van der Waals surface area contributed by atoms with Gasteiger partial charge in [-0.25, -0.2) is 4.79 Å². The average molecular weight is 284 g/mol. The van der Waals surface area contributed by atoms with E-state index in [2.05, 4.69) is 0 Å². The van der Waals surface area contributed by atoms with Gasteiger partial charge in [-0.1, -0.05) is 30.7 Å². The molecule has 1 aromatic carbocycles. The van der Waals surface area contributed by atoms with E-state index in [9.17, 15) is 9.59 Å². The maximum absolute atomic E-state index is 11.2. The number of carbonyl (C=O) groups is 2. The average Bonchev–Trinajstić information content (AvgIpc) is 2.34. The van der Waals surface area contributed by atoms with Crippen molar-refractivity contribution in [1.82, 2.24) is 0 Å². The second kappa shape index (κ2) is 6.80. The van der Waals surface area contributed by atoms with E-state index in [-0.39, 0.29) is 10.8 Å². The van der Waals surface area contributed by atoms with Gasteiger partial charge in [0.05, 0.1) is 5.02 Å². The molecule has 0 fully saturated rings. The summed E-state index contributed by atoms with van der Waals surface area (Å²) in [7, 11) is 0. The van der Waals surface area contributed by atoms with Crippen LogP contribution in [0.5, 0.6) is 5.75 Å². The lowest BCUT2D eigenvalue weighted by Gasteiger charge is -2.17. The number of carbonyl (C=O) groups excluding carboxylic acids is 1. The quantitative estimate of drug-likeness (QED) is 0.782. The molecule has 0 bridgehead atoms. The zero-order valence-corrected chi connectivity index (χ0v) is 11.1. The van der Waals surface area contributed by atoms with Gasteiger partial charge in [0, 0.05) is 11.6 Å². The minimum atomic E-state index is -1.09. The molecule has 0 aliphatic carbocycles. The van der Waals surface area contributed by atoms with E-state index in [1.165, 1.54) is 6.08 Å². The number of ether oxygens (including phenoxy) is 1. The highest BCUT2D eigenvalue weighted by molar-refractivity contribution is 6.32. The van der Waals surface area contributed by atoms with Crippen molar-refractivity contribution in [2.75, 3.05) is 0 Å². The van der Waals surface area contributed by atoms with Gasteiger partial charge >= 0.3 is 5.97 Å². The number of hydrogen-bond acceptors (Lipinski definition) is 3. The number of carboxylic acids is 1. The molecule has 0 heterocycles. The Balaban J connectivity index is 3.10. The molecule has 0 saturated carbocycles. The van der Waals surface area contributed by atoms with Crippen LogP contribution >= 0.6 is 11.6 Å². The molecular formula is C13H14ClNO4. The van der Waals surface area contributed by atoms with E-state index < -0.39 is 18.0 Å². The number of halogens is 1. The van der Waals surface area contributed by atoms with Gasteiger partial charge in [0.15, 0.2) is 6.10 Å². The van der Waals surface area contributed by atoms with E-state index in [0.29, 0.717) is 12.0 Å². The van der Waals surface area contributed by atoms with Crippen molar-refractivity contribution in [2.45, 2.75) is 19.4 Å². The SMILES string of the molecule is CCC(Oc1c(Cl)cccc1/C=C/C(=O)O)C(N)=O. The lowest BCUT2D eigenvalue weighted by Crippen LogP contribution is -2.33. The summed E-state index contributed by atoms with van der Waals surface area (Å²) in [5, 5.41) is 8.90. The maximum atomic E-state index is 11.2. The van der Waals surface area contributed by atoms with Crippen molar-refractivity contribution in [2.24, 2.45) is 5.73 Å². The second-order valence-electron chi connectivity index (χ2n) is 3.75. The first-order chi connectivity index (χ1) is 8.95. The number of hydrogen-bond donors (Lipinski definition) is 2. The molecule has 0 radical (unpaired) electrons. The summed E-state index contributed by atoms with van der Waals surface area (Å²) in [5.74, 6) is -1.45. The van der Waals surface area contributed by atoms with Crippen molar-refractivity contribution in [3.8, 4) is 5.75 Å². The molecule has 0 aliphatic heterocycles. The molecule has 1 aromatic rings. The summed E-state index contributed by atoms with van der Waals surface area (Å²) < 4.78 is 5.47. The minimum Gasteiger partial charge on any atom is -0.478 e. The summed E-state index contributed by atoms with van der Waals surface area (Å²) in [4.78, 5) is 21.7. The van der Waals surface area contributed by atoms with Crippen LogP contribution in [-0.2, 0) is 9.59 Å². The van der Waals surface area contributed by atoms with Gasteiger partial charge in [-0.3, -0.25) is 4.79 Å². The molecule has 19 heavy (non-hydrogen) atoms. The molecule has 102 valence electrons. The predicted molar refractivity (Wildman–Crippen MR) is 72.0 cm³/mol. The van der Waals surface area contributed by atoms with Crippen LogP contribution in [0, 0.1) is 0 Å². The van der Waals surface area contributed by atoms with Crippen LogP contribution in [0.2, 0.25) is 5.02 Å². The third-order valence-corrected chi connectivity index (χ3v) is 2.65. The summed E-state index contributed by atoms with van der Waals surface area (Å²) in [5.41, 5.74) is 5.67. The predicted octanol–water partition coefficient (Wildman–Crippen LogP) is 2.08. The number of primary amides is 1. The molecule has 1 atom stereocenters. The lowest BCUT2D eigenvalue weighted by molar-refractivity contribution is -0.131. The monoisotopic (exact) mass is 283 g/mol. The molecule has 0 saturated heterocycles. The fourth-order valence-electron chi connectivity index (χ4n) is 1.43. The van der Waals surface area contributed by atoms with Crippen molar-refractivity contribution >= 4 is 29.6 Å². The highest BCUT2D eigenvalue weighted by atomic mass is 35.5. The van der Waals surface area contributed by atoms with Gasteiger partial charge in [0.25, 0.3) is 5.91 Å². The molecule has 5 nitrogen and oxygen atoms in total. The fourth-order valence-corrected chi connectivity index (χ4v) is 1.65. The second-order valence-corrected chi connectivity index (χ2v) is 4.15. The van der Waals surface area contributed by atoms with Gasteiger partial charge < -0.3 is 15.6 Å². The largest absolute Gasteiger partial charge is 0.478 e. The summed E-state index contributed by atoms with van der Waals surface area (Å²) >= 11 is 5.99. The van der Waals surface area contributed by atoms with Gasteiger partial charge in [0.1, 0.15) is 5.75 Å². The van der Waals surface area contributed by atoms with Crippen LogP contribution in [0.3, 0.4) is 0 Å². The lowest BCUT2D eigenvalue weighted by atomic mass is 10.1. The number of para-hydroxylation sites is 1. The highest BCUT2D eigenvalue weighted by Gasteiger charge is 2.17. The van der Waals surface area contributed by atoms with E-state index in [4.69, 9.17) is 27.2 Å². The van der Waals surface area contributed by atoms with Crippen molar-refractivity contribution < 1.29 is 19.4 Å². The molecular weight excluding hydrogens is 270 g/mol.